The number of rotatable bonds is 1. The molecule has 1 aromatic rings. The Morgan fingerprint density at radius 3 is 2.83 bits per heavy atom. The van der Waals surface area contributed by atoms with Crippen molar-refractivity contribution in [3.8, 4) is 11.5 Å². The van der Waals surface area contributed by atoms with Gasteiger partial charge in [0.15, 0.2) is 11.5 Å². The molecule has 0 bridgehead atoms. The van der Waals surface area contributed by atoms with Gasteiger partial charge < -0.3 is 9.47 Å². The van der Waals surface area contributed by atoms with Crippen LogP contribution in [0.4, 0.5) is 0 Å². The van der Waals surface area contributed by atoms with E-state index in [1.54, 1.807) is 6.08 Å². The van der Waals surface area contributed by atoms with E-state index in [2.05, 4.69) is 6.58 Å². The van der Waals surface area contributed by atoms with Crippen LogP contribution in [0.2, 0.25) is 0 Å². The van der Waals surface area contributed by atoms with E-state index in [0.717, 1.165) is 17.1 Å². The van der Waals surface area contributed by atoms with E-state index in [0.29, 0.717) is 0 Å². The monoisotopic (exact) mass is 160 g/mol. The minimum absolute atomic E-state index is 0.731. The first kappa shape index (κ1) is 6.98. The van der Waals surface area contributed by atoms with Crippen LogP contribution in [0.3, 0.4) is 0 Å². The maximum atomic E-state index is 5.27. The summed E-state index contributed by atoms with van der Waals surface area (Å²) < 4.78 is 10.5. The van der Waals surface area contributed by atoms with Crippen LogP contribution in [0, 0.1) is 0 Å². The minimum Gasteiger partial charge on any atom is -0.458 e. The van der Waals surface area contributed by atoms with Crippen LogP contribution < -0.4 is 9.47 Å². The SMILES string of the molecule is C=Cc1cccc2c1OC=CO2. The molecule has 1 aromatic carbocycles. The zero-order chi connectivity index (χ0) is 8.39. The summed E-state index contributed by atoms with van der Waals surface area (Å²) in [6, 6.07) is 5.68. The molecule has 60 valence electrons. The van der Waals surface area contributed by atoms with Crippen LogP contribution in [-0.4, -0.2) is 0 Å². The molecule has 0 fully saturated rings. The highest BCUT2D eigenvalue weighted by atomic mass is 16.5. The van der Waals surface area contributed by atoms with Crippen molar-refractivity contribution < 1.29 is 9.47 Å². The first-order valence-corrected chi connectivity index (χ1v) is 3.65. The molecule has 0 spiro atoms. The summed E-state index contributed by atoms with van der Waals surface area (Å²) in [7, 11) is 0. The Morgan fingerprint density at radius 2 is 2.00 bits per heavy atom. The number of hydrogen-bond donors (Lipinski definition) is 0. The smallest absolute Gasteiger partial charge is 0.176 e. The van der Waals surface area contributed by atoms with Gasteiger partial charge >= 0.3 is 0 Å². The van der Waals surface area contributed by atoms with Crippen molar-refractivity contribution in [2.45, 2.75) is 0 Å². The van der Waals surface area contributed by atoms with Crippen LogP contribution in [0.15, 0.2) is 37.3 Å². The summed E-state index contributed by atoms with van der Waals surface area (Å²) in [5.74, 6) is 1.46. The van der Waals surface area contributed by atoms with Gasteiger partial charge in [-0.05, 0) is 6.07 Å². The van der Waals surface area contributed by atoms with Crippen LogP contribution in [0.25, 0.3) is 6.08 Å². The summed E-state index contributed by atoms with van der Waals surface area (Å²) in [6.45, 7) is 3.68. The first-order valence-electron chi connectivity index (χ1n) is 3.65. The van der Waals surface area contributed by atoms with Gasteiger partial charge in [-0.2, -0.15) is 0 Å². The number of benzene rings is 1. The Bertz CT molecular complexity index is 340. The zero-order valence-electron chi connectivity index (χ0n) is 6.49. The fourth-order valence-electron chi connectivity index (χ4n) is 1.11. The van der Waals surface area contributed by atoms with E-state index in [4.69, 9.17) is 9.47 Å². The lowest BCUT2D eigenvalue weighted by atomic mass is 10.2. The van der Waals surface area contributed by atoms with E-state index in [1.165, 1.54) is 12.5 Å². The van der Waals surface area contributed by atoms with Crippen molar-refractivity contribution in [1.29, 1.82) is 0 Å². The average molecular weight is 160 g/mol. The summed E-state index contributed by atoms with van der Waals surface area (Å²) in [6.07, 6.45) is 4.76. The first-order chi connectivity index (χ1) is 5.92. The fraction of sp³-hybridized carbons (Fsp3) is 0. The third-order valence-corrected chi connectivity index (χ3v) is 1.67. The second-order valence-corrected chi connectivity index (χ2v) is 2.39. The summed E-state index contributed by atoms with van der Waals surface area (Å²) >= 11 is 0. The van der Waals surface area contributed by atoms with Crippen molar-refractivity contribution in [3.05, 3.63) is 42.9 Å². The summed E-state index contributed by atoms with van der Waals surface area (Å²) in [5, 5.41) is 0. The van der Waals surface area contributed by atoms with Gasteiger partial charge in [-0.3, -0.25) is 0 Å². The van der Waals surface area contributed by atoms with E-state index >= 15 is 0 Å². The van der Waals surface area contributed by atoms with Gasteiger partial charge in [-0.25, -0.2) is 0 Å². The van der Waals surface area contributed by atoms with Crippen LogP contribution in [0.5, 0.6) is 11.5 Å². The molecule has 0 unspecified atom stereocenters. The Hall–Kier alpha value is -1.70. The third-order valence-electron chi connectivity index (χ3n) is 1.67. The highest BCUT2D eigenvalue weighted by Gasteiger charge is 2.10. The predicted molar refractivity (Wildman–Crippen MR) is 46.9 cm³/mol. The Labute approximate surface area is 70.7 Å². The summed E-state index contributed by atoms with van der Waals surface area (Å²) in [5.41, 5.74) is 0.942. The zero-order valence-corrected chi connectivity index (χ0v) is 6.49. The second kappa shape index (κ2) is 2.74. The van der Waals surface area contributed by atoms with Crippen molar-refractivity contribution >= 4 is 6.08 Å². The van der Waals surface area contributed by atoms with E-state index in [9.17, 15) is 0 Å². The van der Waals surface area contributed by atoms with Gasteiger partial charge in [0.05, 0.1) is 0 Å². The molecule has 1 aliphatic rings. The van der Waals surface area contributed by atoms with Gasteiger partial charge in [0.2, 0.25) is 0 Å². The Morgan fingerprint density at radius 1 is 1.17 bits per heavy atom. The van der Waals surface area contributed by atoms with Crippen LogP contribution in [-0.2, 0) is 0 Å². The normalized spacial score (nSPS) is 12.7. The van der Waals surface area contributed by atoms with E-state index in [1.807, 2.05) is 18.2 Å². The molecule has 1 heterocycles. The molecular formula is C10H8O2. The van der Waals surface area contributed by atoms with Crippen molar-refractivity contribution in [3.63, 3.8) is 0 Å². The van der Waals surface area contributed by atoms with Crippen molar-refractivity contribution in [2.75, 3.05) is 0 Å². The Kier molecular flexibility index (Phi) is 1.59. The van der Waals surface area contributed by atoms with Gasteiger partial charge in [0, 0.05) is 5.56 Å². The maximum Gasteiger partial charge on any atom is 0.176 e. The topological polar surface area (TPSA) is 18.5 Å². The molecule has 0 saturated carbocycles. The molecule has 0 aliphatic carbocycles. The van der Waals surface area contributed by atoms with Gasteiger partial charge in [0.25, 0.3) is 0 Å². The molecule has 0 saturated heterocycles. The van der Waals surface area contributed by atoms with Gasteiger partial charge in [-0.15, -0.1) is 0 Å². The molecule has 12 heavy (non-hydrogen) atoms. The van der Waals surface area contributed by atoms with Crippen molar-refractivity contribution in [1.82, 2.24) is 0 Å². The lowest BCUT2D eigenvalue weighted by molar-refractivity contribution is 0.361. The van der Waals surface area contributed by atoms with Crippen molar-refractivity contribution in [2.24, 2.45) is 0 Å². The van der Waals surface area contributed by atoms with Crippen LogP contribution >= 0.6 is 0 Å². The highest BCUT2D eigenvalue weighted by Crippen LogP contribution is 2.34. The molecule has 0 N–H and O–H groups in total. The molecule has 1 aliphatic heterocycles. The molecule has 0 amide bonds. The Balaban J connectivity index is 2.55. The number of fused-ring (bicyclic) bond motifs is 1. The van der Waals surface area contributed by atoms with Gasteiger partial charge in [-0.1, -0.05) is 24.8 Å². The number of hydrogen-bond acceptors (Lipinski definition) is 2. The fourth-order valence-corrected chi connectivity index (χ4v) is 1.11. The maximum absolute atomic E-state index is 5.27. The average Bonchev–Trinajstić information content (AvgIpc) is 2.17. The summed E-state index contributed by atoms with van der Waals surface area (Å²) in [4.78, 5) is 0. The second-order valence-electron chi connectivity index (χ2n) is 2.39. The van der Waals surface area contributed by atoms with Crippen LogP contribution in [0.1, 0.15) is 5.56 Å². The lowest BCUT2D eigenvalue weighted by Crippen LogP contribution is -1.97. The van der Waals surface area contributed by atoms with E-state index in [-0.39, 0.29) is 0 Å². The molecular weight excluding hydrogens is 152 g/mol. The highest BCUT2D eigenvalue weighted by molar-refractivity contribution is 5.61. The third kappa shape index (κ3) is 0.975. The minimum atomic E-state index is 0.731. The largest absolute Gasteiger partial charge is 0.458 e. The number of ether oxygens (including phenoxy) is 2. The predicted octanol–water partition coefficient (Wildman–Crippen LogP) is 2.57. The molecule has 0 aromatic heterocycles. The molecule has 0 atom stereocenters. The number of para-hydroxylation sites is 1. The molecule has 2 heteroatoms. The quantitative estimate of drug-likeness (QED) is 0.628. The lowest BCUT2D eigenvalue weighted by Gasteiger charge is -2.13. The molecule has 2 rings (SSSR count). The molecule has 2 nitrogen and oxygen atoms in total. The van der Waals surface area contributed by atoms with E-state index < -0.39 is 0 Å². The standard InChI is InChI=1S/C10H8O2/c1-2-8-4-3-5-9-10(8)12-7-6-11-9/h2-7H,1H2. The van der Waals surface area contributed by atoms with Gasteiger partial charge in [0.1, 0.15) is 12.5 Å². The molecule has 0 radical (unpaired) electrons.